The van der Waals surface area contributed by atoms with E-state index >= 15 is 0 Å². The van der Waals surface area contributed by atoms with Gasteiger partial charge in [-0.25, -0.2) is 0 Å². The van der Waals surface area contributed by atoms with Gasteiger partial charge >= 0.3 is 0 Å². The molecule has 0 atom stereocenters. The molecule has 0 aliphatic heterocycles. The Hall–Kier alpha value is -1.48. The molecule has 0 spiro atoms. The minimum atomic E-state index is 0.650. The number of rotatable bonds is 5. The van der Waals surface area contributed by atoms with Crippen molar-refractivity contribution < 1.29 is 4.74 Å². The maximum absolute atomic E-state index is 5.77. The lowest BCUT2D eigenvalue weighted by Gasteiger charge is -2.12. The molecule has 0 saturated carbocycles. The summed E-state index contributed by atoms with van der Waals surface area (Å²) >= 11 is 3.45. The van der Waals surface area contributed by atoms with Crippen molar-refractivity contribution >= 4 is 21.6 Å². The molecule has 2 aromatic rings. The van der Waals surface area contributed by atoms with Gasteiger partial charge in [-0.15, -0.1) is 0 Å². The summed E-state index contributed by atoms with van der Waals surface area (Å²) in [7, 11) is 0. The minimum absolute atomic E-state index is 0.650. The van der Waals surface area contributed by atoms with E-state index in [-0.39, 0.29) is 0 Å². The van der Waals surface area contributed by atoms with Gasteiger partial charge < -0.3 is 10.1 Å². The number of halogens is 1. The van der Waals surface area contributed by atoms with Gasteiger partial charge in [0.05, 0.1) is 0 Å². The molecule has 0 unspecified atom stereocenters. The van der Waals surface area contributed by atoms with Gasteiger partial charge in [-0.1, -0.05) is 34.1 Å². The first-order valence-corrected chi connectivity index (χ1v) is 7.14. The van der Waals surface area contributed by atoms with Crippen LogP contribution in [-0.4, -0.2) is 13.2 Å². The van der Waals surface area contributed by atoms with E-state index in [9.17, 15) is 0 Å². The quantitative estimate of drug-likeness (QED) is 0.816. The number of para-hydroxylation sites is 1. The standard InChI is InChI=1S/C16H18BrNO/c1-12-5-3-4-6-15(12)18-9-10-19-16-8-7-14(17)11-13(16)2/h3-8,11,18H,9-10H2,1-2H3. The third-order valence-corrected chi connectivity index (χ3v) is 3.45. The zero-order valence-corrected chi connectivity index (χ0v) is 12.8. The van der Waals surface area contributed by atoms with Crippen LogP contribution in [0.3, 0.4) is 0 Å². The highest BCUT2D eigenvalue weighted by atomic mass is 79.9. The maximum atomic E-state index is 5.77. The number of hydrogen-bond donors (Lipinski definition) is 1. The second kappa shape index (κ2) is 6.62. The van der Waals surface area contributed by atoms with E-state index < -0.39 is 0 Å². The van der Waals surface area contributed by atoms with Crippen LogP contribution in [0, 0.1) is 13.8 Å². The lowest BCUT2D eigenvalue weighted by molar-refractivity contribution is 0.330. The van der Waals surface area contributed by atoms with Crippen molar-refractivity contribution in [2.45, 2.75) is 13.8 Å². The zero-order valence-electron chi connectivity index (χ0n) is 11.2. The Morgan fingerprint density at radius 1 is 1.05 bits per heavy atom. The van der Waals surface area contributed by atoms with Crippen molar-refractivity contribution in [2.24, 2.45) is 0 Å². The van der Waals surface area contributed by atoms with E-state index in [1.165, 1.54) is 11.3 Å². The van der Waals surface area contributed by atoms with Gasteiger partial charge in [-0.3, -0.25) is 0 Å². The van der Waals surface area contributed by atoms with E-state index in [0.29, 0.717) is 6.61 Å². The third kappa shape index (κ3) is 4.00. The molecular weight excluding hydrogens is 302 g/mol. The Bertz CT molecular complexity index is 554. The monoisotopic (exact) mass is 319 g/mol. The number of aryl methyl sites for hydroxylation is 2. The summed E-state index contributed by atoms with van der Waals surface area (Å²) in [6.45, 7) is 5.59. The Morgan fingerprint density at radius 3 is 2.58 bits per heavy atom. The van der Waals surface area contributed by atoms with Gasteiger partial charge in [0.2, 0.25) is 0 Å². The summed E-state index contributed by atoms with van der Waals surface area (Å²) in [5.74, 6) is 0.940. The maximum Gasteiger partial charge on any atom is 0.122 e. The average Bonchev–Trinajstić information content (AvgIpc) is 2.38. The highest BCUT2D eigenvalue weighted by Gasteiger charge is 2.00. The van der Waals surface area contributed by atoms with Gasteiger partial charge in [0, 0.05) is 16.7 Å². The molecule has 0 aliphatic carbocycles. The van der Waals surface area contributed by atoms with E-state index in [2.05, 4.69) is 53.3 Å². The molecule has 3 heteroatoms. The molecule has 19 heavy (non-hydrogen) atoms. The van der Waals surface area contributed by atoms with Crippen LogP contribution in [0.5, 0.6) is 5.75 Å². The topological polar surface area (TPSA) is 21.3 Å². The number of hydrogen-bond acceptors (Lipinski definition) is 2. The normalized spacial score (nSPS) is 10.3. The minimum Gasteiger partial charge on any atom is -0.491 e. The summed E-state index contributed by atoms with van der Waals surface area (Å²) in [5.41, 5.74) is 3.56. The first-order valence-electron chi connectivity index (χ1n) is 6.35. The van der Waals surface area contributed by atoms with E-state index in [4.69, 9.17) is 4.74 Å². The van der Waals surface area contributed by atoms with Crippen LogP contribution in [0.4, 0.5) is 5.69 Å². The molecule has 0 aliphatic rings. The average molecular weight is 320 g/mol. The fourth-order valence-electron chi connectivity index (χ4n) is 1.89. The van der Waals surface area contributed by atoms with Gasteiger partial charge in [-0.2, -0.15) is 0 Å². The molecule has 2 aromatic carbocycles. The van der Waals surface area contributed by atoms with Crippen LogP contribution >= 0.6 is 15.9 Å². The van der Waals surface area contributed by atoms with Crippen LogP contribution in [0.1, 0.15) is 11.1 Å². The Balaban J connectivity index is 1.83. The molecule has 100 valence electrons. The smallest absolute Gasteiger partial charge is 0.122 e. The van der Waals surface area contributed by atoms with Gasteiger partial charge in [0.25, 0.3) is 0 Å². The Labute approximate surface area is 122 Å². The van der Waals surface area contributed by atoms with E-state index in [0.717, 1.165) is 22.3 Å². The van der Waals surface area contributed by atoms with E-state index in [1.807, 2.05) is 24.3 Å². The Kier molecular flexibility index (Phi) is 4.86. The third-order valence-electron chi connectivity index (χ3n) is 2.96. The lowest BCUT2D eigenvalue weighted by Crippen LogP contribution is -2.12. The molecule has 2 nitrogen and oxygen atoms in total. The van der Waals surface area contributed by atoms with Crippen molar-refractivity contribution in [3.63, 3.8) is 0 Å². The van der Waals surface area contributed by atoms with Crippen LogP contribution in [0.15, 0.2) is 46.9 Å². The SMILES string of the molecule is Cc1ccccc1NCCOc1ccc(Br)cc1C. The fourth-order valence-corrected chi connectivity index (χ4v) is 2.37. The number of nitrogens with one attached hydrogen (secondary N) is 1. The largest absolute Gasteiger partial charge is 0.491 e. The van der Waals surface area contributed by atoms with Crippen molar-refractivity contribution in [3.05, 3.63) is 58.1 Å². The van der Waals surface area contributed by atoms with Gasteiger partial charge in [0.15, 0.2) is 0 Å². The van der Waals surface area contributed by atoms with Crippen LogP contribution < -0.4 is 10.1 Å². The van der Waals surface area contributed by atoms with Crippen LogP contribution in [-0.2, 0) is 0 Å². The fraction of sp³-hybridized carbons (Fsp3) is 0.250. The molecular formula is C16H18BrNO. The first-order chi connectivity index (χ1) is 9.16. The molecule has 1 N–H and O–H groups in total. The number of ether oxygens (including phenoxy) is 1. The molecule has 0 aromatic heterocycles. The van der Waals surface area contributed by atoms with Crippen molar-refractivity contribution in [1.82, 2.24) is 0 Å². The molecule has 0 fully saturated rings. The van der Waals surface area contributed by atoms with Crippen LogP contribution in [0.2, 0.25) is 0 Å². The molecule has 2 rings (SSSR count). The molecule has 0 radical (unpaired) electrons. The first kappa shape index (κ1) is 13.9. The molecule has 0 amide bonds. The summed E-state index contributed by atoms with van der Waals surface area (Å²) < 4.78 is 6.85. The summed E-state index contributed by atoms with van der Waals surface area (Å²) in [6, 6.07) is 14.3. The summed E-state index contributed by atoms with van der Waals surface area (Å²) in [4.78, 5) is 0. The Morgan fingerprint density at radius 2 is 1.84 bits per heavy atom. The van der Waals surface area contributed by atoms with Gasteiger partial charge in [0.1, 0.15) is 12.4 Å². The molecule has 0 bridgehead atoms. The lowest BCUT2D eigenvalue weighted by atomic mass is 10.2. The second-order valence-corrected chi connectivity index (χ2v) is 5.42. The highest BCUT2D eigenvalue weighted by Crippen LogP contribution is 2.22. The highest BCUT2D eigenvalue weighted by molar-refractivity contribution is 9.10. The predicted octanol–water partition coefficient (Wildman–Crippen LogP) is 4.56. The summed E-state index contributed by atoms with van der Waals surface area (Å²) in [6.07, 6.45) is 0. The zero-order chi connectivity index (χ0) is 13.7. The van der Waals surface area contributed by atoms with Crippen molar-refractivity contribution in [1.29, 1.82) is 0 Å². The van der Waals surface area contributed by atoms with E-state index in [1.54, 1.807) is 0 Å². The predicted molar refractivity (Wildman–Crippen MR) is 84.0 cm³/mol. The molecule has 0 saturated heterocycles. The van der Waals surface area contributed by atoms with Gasteiger partial charge in [-0.05, 0) is 49.2 Å². The number of benzene rings is 2. The summed E-state index contributed by atoms with van der Waals surface area (Å²) in [5, 5.41) is 3.38. The van der Waals surface area contributed by atoms with Crippen molar-refractivity contribution in [2.75, 3.05) is 18.5 Å². The second-order valence-electron chi connectivity index (χ2n) is 4.50. The number of anilines is 1. The molecule has 0 heterocycles. The van der Waals surface area contributed by atoms with Crippen LogP contribution in [0.25, 0.3) is 0 Å². The van der Waals surface area contributed by atoms with Crippen molar-refractivity contribution in [3.8, 4) is 5.75 Å².